The quantitative estimate of drug-likeness (QED) is 0.117. The van der Waals surface area contributed by atoms with Crippen molar-refractivity contribution in [3.05, 3.63) is 180 Å². The van der Waals surface area contributed by atoms with E-state index in [0.717, 1.165) is 41.0 Å². The molecule has 304 valence electrons. The summed E-state index contributed by atoms with van der Waals surface area (Å²) in [4.78, 5) is 44.3. The van der Waals surface area contributed by atoms with Crippen LogP contribution in [0.3, 0.4) is 0 Å². The van der Waals surface area contributed by atoms with Gasteiger partial charge in [-0.05, 0) is 48.1 Å². The van der Waals surface area contributed by atoms with Crippen molar-refractivity contribution in [1.29, 1.82) is 0 Å². The molecule has 4 aromatic heterocycles. The first-order valence-corrected chi connectivity index (χ1v) is 20.6. The van der Waals surface area contributed by atoms with Crippen LogP contribution in [-0.4, -0.2) is 50.1 Å². The summed E-state index contributed by atoms with van der Waals surface area (Å²) in [5.41, 5.74) is 9.30. The Morgan fingerprint density at radius 3 is 1.67 bits per heavy atom. The fourth-order valence-electron chi connectivity index (χ4n) is 7.25. The number of anilines is 1. The Kier molecular flexibility index (Phi) is 12.0. The van der Waals surface area contributed by atoms with Crippen molar-refractivity contribution in [3.63, 3.8) is 0 Å². The van der Waals surface area contributed by atoms with Crippen molar-refractivity contribution < 1.29 is 0 Å². The predicted octanol–water partition coefficient (Wildman–Crippen LogP) is 7.72. The first-order valence-electron chi connectivity index (χ1n) is 20.3. The molecule has 0 amide bonds. The number of fused-ring (bicyclic) bond motifs is 2. The third kappa shape index (κ3) is 8.96. The number of nitrogens with one attached hydrogen (secondary N) is 1. The number of halogens is 1. The van der Waals surface area contributed by atoms with E-state index >= 15 is 0 Å². The largest absolute Gasteiger partial charge is 0.351 e. The molecule has 2 aliphatic rings. The van der Waals surface area contributed by atoms with Gasteiger partial charge in [0.15, 0.2) is 11.6 Å². The molecule has 3 aromatic carbocycles. The van der Waals surface area contributed by atoms with Crippen molar-refractivity contribution >= 4 is 40.6 Å². The molecule has 0 unspecified atom stereocenters. The second-order valence-electron chi connectivity index (χ2n) is 15.0. The van der Waals surface area contributed by atoms with Crippen molar-refractivity contribution in [2.24, 2.45) is 9.98 Å². The topological polar surface area (TPSA) is 142 Å². The van der Waals surface area contributed by atoms with E-state index in [-0.39, 0.29) is 16.4 Å². The molecule has 6 heterocycles. The molecule has 0 fully saturated rings. The number of rotatable bonds is 13. The zero-order valence-corrected chi connectivity index (χ0v) is 34.7. The second kappa shape index (κ2) is 18.0. The molecule has 2 aliphatic heterocycles. The minimum absolute atomic E-state index is 0.0197. The van der Waals surface area contributed by atoms with Gasteiger partial charge in [-0.15, -0.1) is 0 Å². The molecule has 0 aliphatic carbocycles. The van der Waals surface area contributed by atoms with Gasteiger partial charge < -0.3 is 5.32 Å². The molecule has 14 heteroatoms. The number of aliphatic imine (C=N–C) groups is 2. The number of hydrogen-bond donors (Lipinski definition) is 1. The van der Waals surface area contributed by atoms with Crippen LogP contribution in [0.4, 0.5) is 17.6 Å². The van der Waals surface area contributed by atoms with Crippen molar-refractivity contribution in [2.75, 3.05) is 5.32 Å². The van der Waals surface area contributed by atoms with Gasteiger partial charge in [0, 0.05) is 56.0 Å². The first kappa shape index (κ1) is 40.1. The maximum atomic E-state index is 13.3. The smallest absolute Gasteiger partial charge is 0.260 e. The molecular formula is C46H46ClN11O2. The fourth-order valence-corrected chi connectivity index (χ4v) is 7.49. The number of nitrogens with zero attached hydrogens (tertiary/aromatic N) is 10. The predicted molar refractivity (Wildman–Crippen MR) is 236 cm³/mol. The SMILES string of the molecule is CCCn1c(Cl)nc2c(c1=O)CC(c1cnn(Cc3ccccc3)c1)=N2.CCCn1c(NCc2ccc(C)cc2)nc2c(c1=O)CC(c1cnn(Cc3ccccc3)c1)=N2. The van der Waals surface area contributed by atoms with Gasteiger partial charge in [0.1, 0.15) is 0 Å². The van der Waals surface area contributed by atoms with Crippen LogP contribution in [0.25, 0.3) is 0 Å². The van der Waals surface area contributed by atoms with E-state index in [0.29, 0.717) is 74.3 Å². The third-order valence-electron chi connectivity index (χ3n) is 10.4. The monoisotopic (exact) mass is 819 g/mol. The maximum absolute atomic E-state index is 13.3. The van der Waals surface area contributed by atoms with Crippen LogP contribution in [0.2, 0.25) is 5.28 Å². The van der Waals surface area contributed by atoms with Gasteiger partial charge in [-0.25, -0.2) is 9.98 Å². The number of benzene rings is 3. The lowest BCUT2D eigenvalue weighted by Crippen LogP contribution is -2.27. The molecule has 13 nitrogen and oxygen atoms in total. The summed E-state index contributed by atoms with van der Waals surface area (Å²) in [6, 6.07) is 28.7. The fraction of sp³-hybridized carbons (Fsp3) is 0.261. The van der Waals surface area contributed by atoms with Crippen LogP contribution in [-0.2, 0) is 45.6 Å². The summed E-state index contributed by atoms with van der Waals surface area (Å²) in [7, 11) is 0. The highest BCUT2D eigenvalue weighted by molar-refractivity contribution is 6.28. The van der Waals surface area contributed by atoms with Crippen LogP contribution in [0.15, 0.2) is 129 Å². The Bertz CT molecular complexity index is 2800. The van der Waals surface area contributed by atoms with Crippen molar-refractivity contribution in [1.82, 2.24) is 38.7 Å². The molecule has 0 atom stereocenters. The number of aryl methyl sites for hydroxylation is 1. The van der Waals surface area contributed by atoms with E-state index in [1.807, 2.05) is 71.3 Å². The molecule has 0 radical (unpaired) electrons. The molecule has 1 N–H and O–H groups in total. The van der Waals surface area contributed by atoms with Crippen LogP contribution < -0.4 is 16.4 Å². The summed E-state index contributed by atoms with van der Waals surface area (Å²) < 4.78 is 7.02. The normalized spacial score (nSPS) is 12.7. The van der Waals surface area contributed by atoms with E-state index in [2.05, 4.69) is 87.9 Å². The molecule has 7 aromatic rings. The van der Waals surface area contributed by atoms with E-state index < -0.39 is 0 Å². The third-order valence-corrected chi connectivity index (χ3v) is 10.7. The summed E-state index contributed by atoms with van der Waals surface area (Å²) in [5.74, 6) is 1.50. The first-order chi connectivity index (χ1) is 29.3. The zero-order chi connectivity index (χ0) is 41.6. The summed E-state index contributed by atoms with van der Waals surface area (Å²) in [5, 5.41) is 12.5. The van der Waals surface area contributed by atoms with Gasteiger partial charge in [-0.1, -0.05) is 104 Å². The van der Waals surface area contributed by atoms with Gasteiger partial charge in [0.2, 0.25) is 11.2 Å². The van der Waals surface area contributed by atoms with Gasteiger partial charge in [0.25, 0.3) is 11.1 Å². The summed E-state index contributed by atoms with van der Waals surface area (Å²) in [6.45, 7) is 9.27. The minimum atomic E-state index is -0.0997. The van der Waals surface area contributed by atoms with Crippen LogP contribution in [0.1, 0.15) is 71.2 Å². The summed E-state index contributed by atoms with van der Waals surface area (Å²) in [6.07, 6.45) is 10.1. The second-order valence-corrected chi connectivity index (χ2v) is 15.3. The molecule has 0 spiro atoms. The molecule has 0 saturated carbocycles. The lowest BCUT2D eigenvalue weighted by Gasteiger charge is -2.14. The number of aromatic nitrogens is 8. The van der Waals surface area contributed by atoms with E-state index in [1.165, 1.54) is 21.3 Å². The molecule has 0 bridgehead atoms. The Morgan fingerprint density at radius 2 is 1.13 bits per heavy atom. The average Bonchev–Trinajstić information content (AvgIpc) is 4.09. The zero-order valence-electron chi connectivity index (χ0n) is 33.9. The lowest BCUT2D eigenvalue weighted by molar-refractivity contribution is 0.638. The standard InChI is InChI=1S/C27H28N6O.C19H18ClN5O/c1-3-13-33-26(34)23-14-24(22-16-29-32(18-22)17-21-7-5-4-6-8-21)30-25(23)31-27(33)28-15-20-11-9-19(2)10-12-20;1-2-8-25-18(26)15-9-16(22-17(15)23-19(25)20)14-10-21-24(12-14)11-13-6-4-3-5-7-13/h4-12,16,18H,3,13-15,17H2,1-2H3,(H,28,31);3-7,10,12H,2,8-9,11H2,1H3. The molecule has 0 saturated heterocycles. The van der Waals surface area contributed by atoms with Gasteiger partial charge in [-0.3, -0.25) is 28.1 Å². The van der Waals surface area contributed by atoms with E-state index in [9.17, 15) is 9.59 Å². The Morgan fingerprint density at radius 1 is 0.633 bits per heavy atom. The van der Waals surface area contributed by atoms with Crippen LogP contribution in [0.5, 0.6) is 0 Å². The van der Waals surface area contributed by atoms with Gasteiger partial charge in [0.05, 0.1) is 48.0 Å². The Balaban J connectivity index is 0.000000172. The average molecular weight is 820 g/mol. The van der Waals surface area contributed by atoms with Crippen molar-refractivity contribution in [3.8, 4) is 0 Å². The molecule has 60 heavy (non-hydrogen) atoms. The van der Waals surface area contributed by atoms with E-state index in [1.54, 1.807) is 10.8 Å². The minimum Gasteiger partial charge on any atom is -0.351 e. The molecular weight excluding hydrogens is 774 g/mol. The highest BCUT2D eigenvalue weighted by Crippen LogP contribution is 2.27. The summed E-state index contributed by atoms with van der Waals surface area (Å²) >= 11 is 6.15. The van der Waals surface area contributed by atoms with Gasteiger partial charge in [-0.2, -0.15) is 20.2 Å². The highest BCUT2D eigenvalue weighted by Gasteiger charge is 2.26. The van der Waals surface area contributed by atoms with Gasteiger partial charge >= 0.3 is 0 Å². The van der Waals surface area contributed by atoms with Crippen molar-refractivity contribution in [2.45, 2.75) is 79.2 Å². The van der Waals surface area contributed by atoms with E-state index in [4.69, 9.17) is 21.6 Å². The maximum Gasteiger partial charge on any atom is 0.260 e. The molecule has 9 rings (SSSR count). The Labute approximate surface area is 352 Å². The lowest BCUT2D eigenvalue weighted by atomic mass is 10.1. The Hall–Kier alpha value is -6.73. The van der Waals surface area contributed by atoms with Crippen LogP contribution in [0, 0.1) is 6.92 Å². The number of hydrogen-bond acceptors (Lipinski definition) is 9. The highest BCUT2D eigenvalue weighted by atomic mass is 35.5. The van der Waals surface area contributed by atoms with Crippen LogP contribution >= 0.6 is 11.6 Å².